The number of hydrogen-bond acceptors (Lipinski definition) is 6. The van der Waals surface area contributed by atoms with Crippen molar-refractivity contribution in [3.05, 3.63) is 93.8 Å². The first-order chi connectivity index (χ1) is 15.6. The van der Waals surface area contributed by atoms with Crippen LogP contribution in [0.5, 0.6) is 11.5 Å². The van der Waals surface area contributed by atoms with Gasteiger partial charge in [-0.25, -0.2) is 4.98 Å². The van der Waals surface area contributed by atoms with Gasteiger partial charge in [0.2, 0.25) is 0 Å². The molecule has 0 bridgehead atoms. The molecule has 0 spiro atoms. The van der Waals surface area contributed by atoms with Crippen molar-refractivity contribution < 1.29 is 14.4 Å². The first-order valence-electron chi connectivity index (χ1n) is 9.68. The maximum Gasteiger partial charge on any atom is 0.269 e. The molecule has 0 saturated heterocycles. The van der Waals surface area contributed by atoms with Gasteiger partial charge in [-0.2, -0.15) is 5.26 Å². The lowest BCUT2D eigenvalue weighted by Gasteiger charge is -2.06. The minimum Gasteiger partial charge on any atom is -0.497 e. The van der Waals surface area contributed by atoms with Crippen molar-refractivity contribution in [1.29, 1.82) is 5.26 Å². The van der Waals surface area contributed by atoms with Gasteiger partial charge in [-0.15, -0.1) is 0 Å². The van der Waals surface area contributed by atoms with Crippen molar-refractivity contribution in [2.24, 2.45) is 0 Å². The number of non-ortho nitro benzene ring substituents is 1. The van der Waals surface area contributed by atoms with Crippen LogP contribution in [-0.4, -0.2) is 22.0 Å². The summed E-state index contributed by atoms with van der Waals surface area (Å²) in [6, 6.07) is 21.2. The first-order valence-corrected chi connectivity index (χ1v) is 9.68. The normalized spacial score (nSPS) is 11.2. The van der Waals surface area contributed by atoms with Gasteiger partial charge in [0.25, 0.3) is 5.69 Å². The molecule has 4 aromatic rings. The first kappa shape index (κ1) is 20.6. The fourth-order valence-electron chi connectivity index (χ4n) is 3.15. The largest absolute Gasteiger partial charge is 0.497 e. The molecule has 0 aliphatic carbocycles. The second-order valence-corrected chi connectivity index (χ2v) is 6.92. The van der Waals surface area contributed by atoms with Gasteiger partial charge in [0, 0.05) is 18.2 Å². The van der Waals surface area contributed by atoms with Crippen LogP contribution in [0, 0.1) is 21.4 Å². The molecule has 1 heterocycles. The summed E-state index contributed by atoms with van der Waals surface area (Å²) in [4.78, 5) is 18.1. The molecule has 3 aromatic carbocycles. The lowest BCUT2D eigenvalue weighted by Crippen LogP contribution is -1.97. The van der Waals surface area contributed by atoms with Crippen LogP contribution >= 0.6 is 0 Å². The highest BCUT2D eigenvalue weighted by Crippen LogP contribution is 2.24. The summed E-state index contributed by atoms with van der Waals surface area (Å²) in [5.41, 5.74) is 3.46. The fraction of sp³-hybridized carbons (Fsp3) is 0.0833. The molecule has 0 saturated carbocycles. The molecule has 0 fully saturated rings. The molecular formula is C24H18N4O4. The van der Waals surface area contributed by atoms with E-state index in [4.69, 9.17) is 9.47 Å². The molecule has 1 N–H and O–H groups in total. The molecule has 8 nitrogen and oxygen atoms in total. The van der Waals surface area contributed by atoms with E-state index >= 15 is 0 Å². The summed E-state index contributed by atoms with van der Waals surface area (Å²) < 4.78 is 10.9. The number of nitro groups is 1. The smallest absolute Gasteiger partial charge is 0.269 e. The van der Waals surface area contributed by atoms with Gasteiger partial charge in [0.15, 0.2) is 0 Å². The Morgan fingerprint density at radius 1 is 1.16 bits per heavy atom. The Balaban J connectivity index is 1.48. The van der Waals surface area contributed by atoms with E-state index in [1.165, 1.54) is 12.1 Å². The lowest BCUT2D eigenvalue weighted by atomic mass is 10.1. The quantitative estimate of drug-likeness (QED) is 0.249. The summed E-state index contributed by atoms with van der Waals surface area (Å²) in [7, 11) is 1.59. The summed E-state index contributed by atoms with van der Waals surface area (Å²) in [5.74, 6) is 1.79. The van der Waals surface area contributed by atoms with E-state index in [-0.39, 0.29) is 12.3 Å². The highest BCUT2D eigenvalue weighted by Gasteiger charge is 2.09. The Morgan fingerprint density at radius 3 is 2.66 bits per heavy atom. The molecule has 0 unspecified atom stereocenters. The maximum atomic E-state index is 10.9. The third-order valence-corrected chi connectivity index (χ3v) is 4.78. The number of aromatic nitrogens is 2. The SMILES string of the molecule is COc1ccc2nc(/C(C#N)=C\c3ccc(OCc4cccc([N+](=O)[O-])c4)cc3)[nH]c2c1. The molecule has 32 heavy (non-hydrogen) atoms. The third kappa shape index (κ3) is 4.57. The van der Waals surface area contributed by atoms with E-state index < -0.39 is 4.92 Å². The Kier molecular flexibility index (Phi) is 5.81. The number of fused-ring (bicyclic) bond motifs is 1. The molecule has 0 aliphatic heterocycles. The van der Waals surface area contributed by atoms with Crippen molar-refractivity contribution in [2.45, 2.75) is 6.61 Å². The number of H-pyrrole nitrogens is 1. The minimum absolute atomic E-state index is 0.0275. The van der Waals surface area contributed by atoms with Gasteiger partial charge < -0.3 is 14.5 Å². The van der Waals surface area contributed by atoms with Crippen LogP contribution < -0.4 is 9.47 Å². The number of imidazole rings is 1. The summed E-state index contributed by atoms with van der Waals surface area (Å²) >= 11 is 0. The molecule has 0 radical (unpaired) electrons. The highest BCUT2D eigenvalue weighted by molar-refractivity contribution is 5.90. The predicted molar refractivity (Wildman–Crippen MR) is 120 cm³/mol. The number of nitro benzene ring substituents is 1. The van der Waals surface area contributed by atoms with Gasteiger partial charge in [-0.05, 0) is 41.5 Å². The van der Waals surface area contributed by atoms with Crippen LogP contribution in [0.2, 0.25) is 0 Å². The Morgan fingerprint density at radius 2 is 1.94 bits per heavy atom. The average Bonchev–Trinajstić information content (AvgIpc) is 3.25. The number of aromatic amines is 1. The number of nitrogens with zero attached hydrogens (tertiary/aromatic N) is 3. The molecular weight excluding hydrogens is 408 g/mol. The maximum absolute atomic E-state index is 10.9. The molecule has 4 rings (SSSR count). The molecule has 1 aromatic heterocycles. The van der Waals surface area contributed by atoms with Crippen molar-refractivity contribution in [3.63, 3.8) is 0 Å². The molecule has 158 valence electrons. The van der Waals surface area contributed by atoms with Crippen molar-refractivity contribution in [3.8, 4) is 17.6 Å². The Bertz CT molecular complexity index is 1350. The lowest BCUT2D eigenvalue weighted by molar-refractivity contribution is -0.384. The van der Waals surface area contributed by atoms with Gasteiger partial charge in [0.05, 0.1) is 28.6 Å². The second-order valence-electron chi connectivity index (χ2n) is 6.92. The van der Waals surface area contributed by atoms with E-state index in [0.29, 0.717) is 28.5 Å². The van der Waals surface area contributed by atoms with Gasteiger partial charge in [-0.1, -0.05) is 24.3 Å². The monoisotopic (exact) mass is 426 g/mol. The minimum atomic E-state index is -0.435. The van der Waals surface area contributed by atoms with E-state index in [0.717, 1.165) is 16.6 Å². The van der Waals surface area contributed by atoms with E-state index in [1.54, 1.807) is 37.5 Å². The molecule has 0 amide bonds. The third-order valence-electron chi connectivity index (χ3n) is 4.78. The van der Waals surface area contributed by atoms with Crippen molar-refractivity contribution in [1.82, 2.24) is 9.97 Å². The predicted octanol–water partition coefficient (Wildman–Crippen LogP) is 5.12. The molecule has 0 atom stereocenters. The van der Waals surface area contributed by atoms with Gasteiger partial charge >= 0.3 is 0 Å². The van der Waals surface area contributed by atoms with Crippen LogP contribution in [0.15, 0.2) is 66.7 Å². The van der Waals surface area contributed by atoms with E-state index in [1.807, 2.05) is 30.3 Å². The van der Waals surface area contributed by atoms with Gasteiger partial charge in [-0.3, -0.25) is 10.1 Å². The highest BCUT2D eigenvalue weighted by atomic mass is 16.6. The van der Waals surface area contributed by atoms with Crippen molar-refractivity contribution >= 4 is 28.4 Å². The number of nitriles is 1. The molecule has 0 aliphatic rings. The average molecular weight is 426 g/mol. The fourth-order valence-corrected chi connectivity index (χ4v) is 3.15. The summed E-state index contributed by atoms with van der Waals surface area (Å²) in [6.07, 6.45) is 1.74. The van der Waals surface area contributed by atoms with E-state index in [2.05, 4.69) is 16.0 Å². The van der Waals surface area contributed by atoms with Crippen LogP contribution in [0.1, 0.15) is 17.0 Å². The number of hydrogen-bond donors (Lipinski definition) is 1. The van der Waals surface area contributed by atoms with Crippen LogP contribution in [0.4, 0.5) is 5.69 Å². The van der Waals surface area contributed by atoms with Crippen LogP contribution in [0.25, 0.3) is 22.7 Å². The standard InChI is InChI=1S/C24H18N4O4/c1-31-21-9-10-22-23(13-21)27-24(26-22)18(14-25)11-16-5-7-20(8-6-16)32-15-17-3-2-4-19(12-17)28(29)30/h2-13H,15H2,1H3,(H,26,27)/b18-11-. The zero-order valence-electron chi connectivity index (χ0n) is 17.1. The number of ether oxygens (including phenoxy) is 2. The summed E-state index contributed by atoms with van der Waals surface area (Å²) in [5, 5.41) is 20.5. The number of methoxy groups -OCH3 is 1. The van der Waals surface area contributed by atoms with E-state index in [9.17, 15) is 15.4 Å². The topological polar surface area (TPSA) is 114 Å². The second kappa shape index (κ2) is 9.02. The number of nitrogens with one attached hydrogen (secondary N) is 1. The van der Waals surface area contributed by atoms with Gasteiger partial charge in [0.1, 0.15) is 30.0 Å². The number of allylic oxidation sites excluding steroid dienone is 1. The number of benzene rings is 3. The zero-order chi connectivity index (χ0) is 22.5. The Hall–Kier alpha value is -4.64. The number of rotatable bonds is 7. The van der Waals surface area contributed by atoms with Crippen LogP contribution in [0.3, 0.4) is 0 Å². The van der Waals surface area contributed by atoms with Crippen LogP contribution in [-0.2, 0) is 6.61 Å². The summed E-state index contributed by atoms with van der Waals surface area (Å²) in [6.45, 7) is 0.211. The zero-order valence-corrected chi connectivity index (χ0v) is 17.1. The van der Waals surface area contributed by atoms with Crippen molar-refractivity contribution in [2.75, 3.05) is 7.11 Å². The molecule has 8 heteroatoms. The Labute approximate surface area is 183 Å².